The highest BCUT2D eigenvalue weighted by Gasteiger charge is 2.31. The summed E-state index contributed by atoms with van der Waals surface area (Å²) in [4.78, 5) is 12.3. The molecule has 0 fully saturated rings. The van der Waals surface area contributed by atoms with Gasteiger partial charge in [-0.15, -0.1) is 0 Å². The number of benzene rings is 2. The van der Waals surface area contributed by atoms with Gasteiger partial charge in [0, 0.05) is 10.8 Å². The first-order chi connectivity index (χ1) is 15.5. The first-order valence-corrected chi connectivity index (χ1v) is 11.8. The van der Waals surface area contributed by atoms with Gasteiger partial charge in [-0.3, -0.25) is 4.79 Å². The van der Waals surface area contributed by atoms with Gasteiger partial charge in [0.25, 0.3) is 0 Å². The molecule has 0 heterocycles. The maximum atomic E-state index is 12.3. The number of hydrogen-bond acceptors (Lipinski definition) is 4. The highest BCUT2D eigenvalue weighted by atomic mass is 16.5. The summed E-state index contributed by atoms with van der Waals surface area (Å²) in [5, 5.41) is 18.6. The molecule has 2 rings (SSSR count). The van der Waals surface area contributed by atoms with Crippen LogP contribution in [0.5, 0.6) is 5.75 Å². The van der Waals surface area contributed by atoms with E-state index in [-0.39, 0.29) is 29.8 Å². The minimum Gasteiger partial charge on any atom is -0.491 e. The van der Waals surface area contributed by atoms with Crippen LogP contribution in [-0.2, 0) is 10.2 Å². The molecule has 0 saturated heterocycles. The van der Waals surface area contributed by atoms with Crippen LogP contribution < -0.4 is 4.74 Å². The Balaban J connectivity index is 2.39. The number of carbonyl (C=O) groups excluding carboxylic acids is 1. The largest absolute Gasteiger partial charge is 0.491 e. The predicted octanol–water partition coefficient (Wildman–Crippen LogP) is 5.77. The lowest BCUT2D eigenvalue weighted by atomic mass is 9.70. The third-order valence-electron chi connectivity index (χ3n) is 6.55. The molecule has 0 saturated carbocycles. The molecule has 4 heteroatoms. The lowest BCUT2D eigenvalue weighted by Gasteiger charge is -2.34. The molecular formula is C29H40O4. The van der Waals surface area contributed by atoms with E-state index in [9.17, 15) is 9.90 Å². The van der Waals surface area contributed by atoms with Crippen molar-refractivity contribution < 1.29 is 19.7 Å². The van der Waals surface area contributed by atoms with Gasteiger partial charge >= 0.3 is 0 Å². The lowest BCUT2D eigenvalue weighted by Crippen LogP contribution is -2.26. The zero-order chi connectivity index (χ0) is 24.8. The van der Waals surface area contributed by atoms with Gasteiger partial charge in [-0.25, -0.2) is 0 Å². The summed E-state index contributed by atoms with van der Waals surface area (Å²) in [6.07, 6.45) is 4.62. The highest BCUT2D eigenvalue weighted by Crippen LogP contribution is 2.41. The number of aliphatic hydroxyl groups is 2. The fraction of sp³-hybridized carbons (Fsp3) is 0.483. The van der Waals surface area contributed by atoms with Crippen LogP contribution in [0.25, 0.3) is 6.08 Å². The summed E-state index contributed by atoms with van der Waals surface area (Å²) in [6, 6.07) is 12.8. The number of ether oxygens (including phenoxy) is 1. The van der Waals surface area contributed by atoms with Crippen LogP contribution in [-0.4, -0.2) is 35.3 Å². The Kier molecular flexibility index (Phi) is 9.04. The zero-order valence-corrected chi connectivity index (χ0v) is 21.2. The minimum atomic E-state index is -0.885. The van der Waals surface area contributed by atoms with E-state index in [1.165, 1.54) is 11.1 Å². The van der Waals surface area contributed by atoms with Gasteiger partial charge in [0.15, 0.2) is 5.78 Å². The SMILES string of the molecule is CCC(CC)(c1ccc(C=CC(=O)C(C)(C)C)c(C)c1)c1ccc(OCC(O)CO)c(C)c1. The van der Waals surface area contributed by atoms with Crippen LogP contribution in [0.2, 0.25) is 0 Å². The summed E-state index contributed by atoms with van der Waals surface area (Å²) >= 11 is 0. The van der Waals surface area contributed by atoms with Crippen LogP contribution >= 0.6 is 0 Å². The summed E-state index contributed by atoms with van der Waals surface area (Å²) in [6.45, 7) is 14.1. The van der Waals surface area contributed by atoms with Gasteiger partial charge in [-0.2, -0.15) is 0 Å². The molecule has 180 valence electrons. The van der Waals surface area contributed by atoms with Gasteiger partial charge in [-0.05, 0) is 66.6 Å². The van der Waals surface area contributed by atoms with E-state index < -0.39 is 6.10 Å². The van der Waals surface area contributed by atoms with Gasteiger partial charge < -0.3 is 14.9 Å². The summed E-state index contributed by atoms with van der Waals surface area (Å²) in [7, 11) is 0. The van der Waals surface area contributed by atoms with Crippen molar-refractivity contribution in [3.63, 3.8) is 0 Å². The first kappa shape index (κ1) is 26.8. The fourth-order valence-electron chi connectivity index (χ4n) is 4.16. The molecule has 2 aromatic carbocycles. The van der Waals surface area contributed by atoms with Crippen molar-refractivity contribution in [3.8, 4) is 5.75 Å². The Morgan fingerprint density at radius 2 is 1.58 bits per heavy atom. The van der Waals surface area contributed by atoms with Crippen molar-refractivity contribution >= 4 is 11.9 Å². The van der Waals surface area contributed by atoms with E-state index in [1.54, 1.807) is 6.08 Å². The molecule has 0 radical (unpaired) electrons. The molecule has 2 aromatic rings. The van der Waals surface area contributed by atoms with E-state index in [0.29, 0.717) is 5.75 Å². The second-order valence-corrected chi connectivity index (χ2v) is 9.94. The van der Waals surface area contributed by atoms with E-state index in [0.717, 1.165) is 29.5 Å². The van der Waals surface area contributed by atoms with E-state index in [1.807, 2.05) is 39.8 Å². The second kappa shape index (κ2) is 11.1. The number of aryl methyl sites for hydroxylation is 2. The van der Waals surface area contributed by atoms with Crippen molar-refractivity contribution in [2.75, 3.05) is 13.2 Å². The summed E-state index contributed by atoms with van der Waals surface area (Å²) in [5.41, 5.74) is 5.17. The molecule has 0 amide bonds. The topological polar surface area (TPSA) is 66.8 Å². The van der Waals surface area contributed by atoms with Gasteiger partial charge in [-0.1, -0.05) is 71.0 Å². The first-order valence-electron chi connectivity index (χ1n) is 11.8. The van der Waals surface area contributed by atoms with Crippen LogP contribution in [0.15, 0.2) is 42.5 Å². The van der Waals surface area contributed by atoms with E-state index in [4.69, 9.17) is 9.84 Å². The molecule has 0 bridgehead atoms. The highest BCUT2D eigenvalue weighted by molar-refractivity contribution is 5.97. The molecule has 0 aliphatic heterocycles. The molecule has 1 unspecified atom stereocenters. The van der Waals surface area contributed by atoms with Crippen LogP contribution in [0, 0.1) is 19.3 Å². The van der Waals surface area contributed by atoms with Gasteiger partial charge in [0.2, 0.25) is 0 Å². The van der Waals surface area contributed by atoms with Crippen molar-refractivity contribution in [3.05, 3.63) is 70.3 Å². The Bertz CT molecular complexity index is 978. The molecule has 2 N–H and O–H groups in total. The standard InChI is InChI=1S/C29H40O4/c1-8-29(9-2,24-13-14-26(21(4)17-24)33-19-25(31)18-30)23-12-10-22(20(3)16-23)11-15-27(32)28(5,6)7/h10-17,25,30-31H,8-9,18-19H2,1-7H3. The predicted molar refractivity (Wildman–Crippen MR) is 136 cm³/mol. The van der Waals surface area contributed by atoms with Gasteiger partial charge in [0.05, 0.1) is 6.61 Å². The van der Waals surface area contributed by atoms with Crippen LogP contribution in [0.4, 0.5) is 0 Å². The second-order valence-electron chi connectivity index (χ2n) is 9.94. The average Bonchev–Trinajstić information content (AvgIpc) is 2.78. The van der Waals surface area contributed by atoms with Crippen molar-refractivity contribution in [2.24, 2.45) is 5.41 Å². The normalized spacial score (nSPS) is 13.4. The maximum absolute atomic E-state index is 12.3. The van der Waals surface area contributed by atoms with Crippen molar-refractivity contribution in [1.82, 2.24) is 0 Å². The average molecular weight is 453 g/mol. The number of ketones is 1. The number of hydrogen-bond donors (Lipinski definition) is 2. The fourth-order valence-corrected chi connectivity index (χ4v) is 4.16. The number of aliphatic hydroxyl groups excluding tert-OH is 2. The summed E-state index contributed by atoms with van der Waals surface area (Å²) in [5.74, 6) is 0.833. The monoisotopic (exact) mass is 452 g/mol. The number of carbonyl (C=O) groups is 1. The van der Waals surface area contributed by atoms with Crippen LogP contribution in [0.3, 0.4) is 0 Å². The van der Waals surface area contributed by atoms with Crippen molar-refractivity contribution in [2.45, 2.75) is 72.8 Å². The molecule has 0 aromatic heterocycles. The van der Waals surface area contributed by atoms with Crippen LogP contribution in [0.1, 0.15) is 75.3 Å². The number of allylic oxidation sites excluding steroid dienone is 1. The third kappa shape index (κ3) is 6.33. The smallest absolute Gasteiger partial charge is 0.161 e. The maximum Gasteiger partial charge on any atom is 0.161 e. The molecule has 33 heavy (non-hydrogen) atoms. The van der Waals surface area contributed by atoms with Crippen molar-refractivity contribution in [1.29, 1.82) is 0 Å². The molecule has 1 atom stereocenters. The summed E-state index contributed by atoms with van der Waals surface area (Å²) < 4.78 is 5.69. The van der Waals surface area contributed by atoms with E-state index >= 15 is 0 Å². The lowest BCUT2D eigenvalue weighted by molar-refractivity contribution is -0.121. The molecule has 4 nitrogen and oxygen atoms in total. The quantitative estimate of drug-likeness (QED) is 0.449. The minimum absolute atomic E-state index is 0.0648. The Morgan fingerprint density at radius 1 is 1.00 bits per heavy atom. The Labute approximate surface area is 199 Å². The molecule has 0 aliphatic carbocycles. The Morgan fingerprint density at radius 3 is 2.06 bits per heavy atom. The number of rotatable bonds is 10. The molecule has 0 spiro atoms. The Hall–Kier alpha value is -2.43. The molecule has 0 aliphatic rings. The van der Waals surface area contributed by atoms with E-state index in [2.05, 4.69) is 51.1 Å². The van der Waals surface area contributed by atoms with Gasteiger partial charge in [0.1, 0.15) is 18.5 Å². The third-order valence-corrected chi connectivity index (χ3v) is 6.55. The molecular weight excluding hydrogens is 412 g/mol. The zero-order valence-electron chi connectivity index (χ0n) is 21.2.